The van der Waals surface area contributed by atoms with Crippen molar-refractivity contribution < 1.29 is 28.7 Å². The zero-order chi connectivity index (χ0) is 45.0. The maximum Gasteiger partial charge on any atom is 0.358 e. The lowest BCUT2D eigenvalue weighted by molar-refractivity contribution is 0.0594. The van der Waals surface area contributed by atoms with Gasteiger partial charge in [0.1, 0.15) is 0 Å². The Balaban J connectivity index is 0.000000181. The van der Waals surface area contributed by atoms with E-state index < -0.39 is 5.97 Å². The predicted molar refractivity (Wildman–Crippen MR) is 242 cm³/mol. The molecule has 1 aliphatic heterocycles. The van der Waals surface area contributed by atoms with Gasteiger partial charge < -0.3 is 25.4 Å². The van der Waals surface area contributed by atoms with E-state index in [1.54, 1.807) is 76.7 Å². The summed E-state index contributed by atoms with van der Waals surface area (Å²) in [5.41, 5.74) is 3.96. The van der Waals surface area contributed by atoms with E-state index >= 15 is 0 Å². The van der Waals surface area contributed by atoms with Crippen LogP contribution in [0.1, 0.15) is 72.1 Å². The molecule has 0 unspecified atom stereocenters. The third kappa shape index (κ3) is 10.5. The summed E-state index contributed by atoms with van der Waals surface area (Å²) in [5, 5.41) is 27.9. The van der Waals surface area contributed by atoms with Gasteiger partial charge in [-0.05, 0) is 94.3 Å². The van der Waals surface area contributed by atoms with Gasteiger partial charge in [0.25, 0.3) is 17.7 Å². The van der Waals surface area contributed by atoms with Crippen LogP contribution in [0, 0.1) is 5.92 Å². The molecular weight excluding hydrogens is 827 g/mol. The van der Waals surface area contributed by atoms with Crippen molar-refractivity contribution in [2.75, 3.05) is 37.5 Å². The number of hydrogen-bond acceptors (Lipinski definition) is 12. The van der Waals surface area contributed by atoms with Crippen molar-refractivity contribution in [1.29, 1.82) is 0 Å². The summed E-state index contributed by atoms with van der Waals surface area (Å²) in [6.45, 7) is 3.21. The van der Waals surface area contributed by atoms with Crippen LogP contribution in [0.5, 0.6) is 0 Å². The number of nitrogens with one attached hydrogen (secondary N) is 3. The molecule has 1 fully saturated rings. The van der Waals surface area contributed by atoms with Crippen molar-refractivity contribution in [1.82, 2.24) is 45.3 Å². The van der Waals surface area contributed by atoms with Crippen LogP contribution < -0.4 is 16.0 Å². The van der Waals surface area contributed by atoms with Crippen molar-refractivity contribution in [3.05, 3.63) is 168 Å². The van der Waals surface area contributed by atoms with Gasteiger partial charge in [0.15, 0.2) is 11.4 Å². The number of rotatable bonds is 13. The highest BCUT2D eigenvalue weighted by Crippen LogP contribution is 2.27. The summed E-state index contributed by atoms with van der Waals surface area (Å²) >= 11 is 0. The minimum atomic E-state index is -0.617. The number of anilines is 2. The number of benzene rings is 4. The molecule has 17 heteroatoms. The van der Waals surface area contributed by atoms with Crippen LogP contribution in [-0.4, -0.2) is 90.5 Å². The lowest BCUT2D eigenvalue weighted by atomic mass is 9.97. The average Bonchev–Trinajstić information content (AvgIpc) is 4.07. The molecule has 0 atom stereocenters. The SMILES string of the molecule is COC(=O)c1ncccc1NC(=O)c1ccc(Cn2ccnn2)c2ccccc12.O=C(NCCC1CCOCC1)c1ncccc1NC(=O)c1ccc(Cn2ccnn2)c2ccccc12. The third-order valence-electron chi connectivity index (χ3n) is 11.0. The van der Waals surface area contributed by atoms with Crippen LogP contribution >= 0.6 is 0 Å². The monoisotopic (exact) mass is 871 g/mol. The number of fused-ring (bicyclic) bond motifs is 2. The molecule has 0 spiro atoms. The first-order valence-electron chi connectivity index (χ1n) is 21.0. The van der Waals surface area contributed by atoms with E-state index in [4.69, 9.17) is 9.47 Å². The Bertz CT molecular complexity index is 2930. The number of hydrogen-bond donors (Lipinski definition) is 3. The van der Waals surface area contributed by atoms with Gasteiger partial charge in [-0.25, -0.2) is 24.1 Å². The third-order valence-corrected chi connectivity index (χ3v) is 11.0. The Morgan fingerprint density at radius 1 is 0.615 bits per heavy atom. The quantitative estimate of drug-likeness (QED) is 0.105. The zero-order valence-corrected chi connectivity index (χ0v) is 35.5. The average molecular weight is 872 g/mol. The Hall–Kier alpha value is -8.18. The fourth-order valence-corrected chi connectivity index (χ4v) is 7.72. The molecule has 0 aliphatic carbocycles. The van der Waals surface area contributed by atoms with Gasteiger partial charge in [-0.3, -0.25) is 14.4 Å². The lowest BCUT2D eigenvalue weighted by Crippen LogP contribution is -2.29. The van der Waals surface area contributed by atoms with Gasteiger partial charge >= 0.3 is 5.97 Å². The number of methoxy groups -OCH3 is 1. The highest BCUT2D eigenvalue weighted by Gasteiger charge is 2.21. The molecule has 5 heterocycles. The minimum absolute atomic E-state index is 0.0513. The second kappa shape index (κ2) is 20.8. The fourth-order valence-electron chi connectivity index (χ4n) is 7.72. The van der Waals surface area contributed by atoms with E-state index in [1.165, 1.54) is 13.3 Å². The van der Waals surface area contributed by atoms with Crippen LogP contribution in [0.4, 0.5) is 11.4 Å². The maximum absolute atomic E-state index is 13.3. The summed E-state index contributed by atoms with van der Waals surface area (Å²) in [6.07, 6.45) is 12.8. The largest absolute Gasteiger partial charge is 0.464 e. The molecule has 4 aromatic heterocycles. The molecule has 4 aromatic carbocycles. The molecular formula is C48H45N11O6. The zero-order valence-electron chi connectivity index (χ0n) is 35.5. The Morgan fingerprint density at radius 3 is 1.63 bits per heavy atom. The number of aromatic nitrogens is 8. The maximum atomic E-state index is 13.3. The number of esters is 1. The molecule has 0 bridgehead atoms. The molecule has 9 rings (SSSR count). The first kappa shape index (κ1) is 43.5. The first-order chi connectivity index (χ1) is 31.9. The van der Waals surface area contributed by atoms with Crippen molar-refractivity contribution in [2.45, 2.75) is 32.4 Å². The summed E-state index contributed by atoms with van der Waals surface area (Å²) < 4.78 is 13.6. The molecule has 65 heavy (non-hydrogen) atoms. The number of pyridine rings is 2. The lowest BCUT2D eigenvalue weighted by Gasteiger charge is -2.21. The molecule has 0 saturated carbocycles. The van der Waals surface area contributed by atoms with Crippen LogP contribution in [-0.2, 0) is 22.6 Å². The Kier molecular flexibility index (Phi) is 13.9. The number of ether oxygens (including phenoxy) is 2. The number of carbonyl (C=O) groups is 4. The van der Waals surface area contributed by atoms with Crippen LogP contribution in [0.15, 0.2) is 134 Å². The second-order valence-corrected chi connectivity index (χ2v) is 15.1. The van der Waals surface area contributed by atoms with Gasteiger partial charge in [-0.2, -0.15) is 0 Å². The van der Waals surface area contributed by atoms with Crippen LogP contribution in [0.25, 0.3) is 21.5 Å². The summed E-state index contributed by atoms with van der Waals surface area (Å²) in [4.78, 5) is 59.4. The van der Waals surface area contributed by atoms with Gasteiger partial charge in [-0.15, -0.1) is 10.2 Å². The molecule has 0 radical (unpaired) electrons. The topological polar surface area (TPSA) is 210 Å². The first-order valence-corrected chi connectivity index (χ1v) is 21.0. The summed E-state index contributed by atoms with van der Waals surface area (Å²) in [6, 6.07) is 29.4. The van der Waals surface area contributed by atoms with E-state index in [9.17, 15) is 19.2 Å². The van der Waals surface area contributed by atoms with Crippen molar-refractivity contribution >= 4 is 56.6 Å². The standard InChI is InChI=1S/C27H28N6O3.C21H17N5O3/c34-26(23-8-7-20(18-33-15-14-30-32-33)21-4-1-2-5-22(21)23)31-24-6-3-12-28-25(24)27(35)29-13-9-19-10-16-36-17-11-19;1-29-21(28)19-18(7-4-10-22-19)24-20(27)17-9-8-14(13-26-12-11-23-25-26)15-5-2-3-6-16(15)17/h1-8,12,14-15,19H,9-11,13,16-18H2,(H,29,35)(H,31,34);2-12H,13H2,1H3,(H,24,27). The Morgan fingerprint density at radius 2 is 1.12 bits per heavy atom. The second-order valence-electron chi connectivity index (χ2n) is 15.1. The van der Waals surface area contributed by atoms with Gasteiger partial charge in [-0.1, -0.05) is 71.1 Å². The fraction of sp³-hybridized carbons (Fsp3) is 0.208. The summed E-state index contributed by atoms with van der Waals surface area (Å²) in [5.74, 6) is -1.00. The highest BCUT2D eigenvalue weighted by molar-refractivity contribution is 6.16. The van der Waals surface area contributed by atoms with E-state index in [0.717, 1.165) is 65.1 Å². The molecule has 1 saturated heterocycles. The van der Waals surface area contributed by atoms with E-state index in [-0.39, 0.29) is 29.1 Å². The van der Waals surface area contributed by atoms with Crippen molar-refractivity contribution in [3.8, 4) is 0 Å². The molecule has 17 nitrogen and oxygen atoms in total. The molecule has 8 aromatic rings. The molecule has 328 valence electrons. The van der Waals surface area contributed by atoms with Crippen LogP contribution in [0.2, 0.25) is 0 Å². The van der Waals surface area contributed by atoms with Crippen LogP contribution in [0.3, 0.4) is 0 Å². The van der Waals surface area contributed by atoms with Crippen molar-refractivity contribution in [2.24, 2.45) is 5.92 Å². The molecule has 3 N–H and O–H groups in total. The molecule has 1 aliphatic rings. The highest BCUT2D eigenvalue weighted by atomic mass is 16.5. The predicted octanol–water partition coefficient (Wildman–Crippen LogP) is 6.59. The van der Waals surface area contributed by atoms with E-state index in [2.05, 4.69) is 46.5 Å². The Labute approximate surface area is 373 Å². The van der Waals surface area contributed by atoms with Gasteiger partial charge in [0, 0.05) is 55.7 Å². The minimum Gasteiger partial charge on any atom is -0.464 e. The summed E-state index contributed by atoms with van der Waals surface area (Å²) in [7, 11) is 1.27. The van der Waals surface area contributed by atoms with Gasteiger partial charge in [0.05, 0.1) is 44.0 Å². The normalized spacial score (nSPS) is 12.5. The smallest absolute Gasteiger partial charge is 0.358 e. The molecule has 3 amide bonds. The number of amides is 3. The van der Waals surface area contributed by atoms with Gasteiger partial charge in [0.2, 0.25) is 0 Å². The van der Waals surface area contributed by atoms with Crippen molar-refractivity contribution in [3.63, 3.8) is 0 Å². The number of nitrogens with zero attached hydrogens (tertiary/aromatic N) is 8. The number of carbonyl (C=O) groups excluding carboxylic acids is 4. The van der Waals surface area contributed by atoms with E-state index in [1.807, 2.05) is 60.7 Å². The van der Waals surface area contributed by atoms with E-state index in [0.29, 0.717) is 48.1 Å².